The molecule has 602 valence electrons. The number of allylic oxidation sites excluding steroid dienone is 9. The van der Waals surface area contributed by atoms with Crippen LogP contribution in [0.2, 0.25) is 0 Å². The Bertz CT molecular complexity index is 8530. The Balaban J connectivity index is 0.580. The smallest absolute Gasteiger partial charge is 0.160 e. The number of rotatable bonds is 13. The highest BCUT2D eigenvalue weighted by Crippen LogP contribution is 2.50. The molecule has 21 aromatic rings. The summed E-state index contributed by atoms with van der Waals surface area (Å²) in [4.78, 5) is 13.4. The van der Waals surface area contributed by atoms with Crippen LogP contribution in [0.15, 0.2) is 412 Å². The average molecular weight is 1640 g/mol. The summed E-state index contributed by atoms with van der Waals surface area (Å²) in [6.07, 6.45) is 30.7. The van der Waals surface area contributed by atoms with E-state index in [9.17, 15) is 5.26 Å². The van der Waals surface area contributed by atoms with Gasteiger partial charge in [-0.25, -0.2) is 9.97 Å². The van der Waals surface area contributed by atoms with Crippen LogP contribution in [0.4, 0.5) is 5.69 Å². The van der Waals surface area contributed by atoms with Crippen molar-refractivity contribution in [3.8, 4) is 96.1 Å². The van der Waals surface area contributed by atoms with Crippen LogP contribution in [0, 0.1) is 17.2 Å². The normalized spacial score (nSPS) is 15.9. The maximum atomic E-state index is 10.0. The Labute approximate surface area is 739 Å². The van der Waals surface area contributed by atoms with Gasteiger partial charge in [0.1, 0.15) is 0 Å². The fourth-order valence-corrected chi connectivity index (χ4v) is 21.8. The standard InChI is InChI=1S/C119H81N9/c120-74-75-40-42-79(43-41-75)119-121-105(73-106(122-119)78-48-56-90(57-49-78)126-110-37-19-13-31-96(110)102-69-83(53-61-116(102)126)80-50-58-113-99(66-80)93-28-10-16-34-107(93)123(113)87-22-4-1-5-23-87)77-46-44-76(45-47-77)86-64-91(127-111-38-20-14-32-97(111)103-70-84(54-62-117(103)127)81-51-59-114-100(67-81)94-29-11-17-35-108(94)124(114)88-24-6-2-7-25-88)72-92(65-86)128-112-39-21-15-33-98(112)104-71-85(55-63-118(104)128)82-52-60-115-101(68-82)95-30-12-18-36-109(95)125(115)89-26-8-3-9-27-89/h1-2,4-8,10-20,22-38,40-60,62-73,96,110,116H,3,9,21,39,61H2. The highest BCUT2D eigenvalue weighted by Gasteiger charge is 2.44. The van der Waals surface area contributed by atoms with Gasteiger partial charge >= 0.3 is 0 Å². The molecule has 128 heavy (non-hydrogen) atoms. The van der Waals surface area contributed by atoms with Crippen molar-refractivity contribution >= 4 is 121 Å². The molecule has 4 aliphatic carbocycles. The zero-order valence-electron chi connectivity index (χ0n) is 70.1. The molecule has 9 heteroatoms. The van der Waals surface area contributed by atoms with E-state index in [-0.39, 0.29) is 18.0 Å². The summed E-state index contributed by atoms with van der Waals surface area (Å²) in [6.45, 7) is 0. The summed E-state index contributed by atoms with van der Waals surface area (Å²) in [5, 5.41) is 21.1. The van der Waals surface area contributed by atoms with Gasteiger partial charge in [-0.2, -0.15) is 5.26 Å². The van der Waals surface area contributed by atoms with Crippen LogP contribution in [-0.2, 0) is 6.42 Å². The Hall–Kier alpha value is -16.4. The summed E-state index contributed by atoms with van der Waals surface area (Å²) in [5.74, 6) is 0.813. The second kappa shape index (κ2) is 29.4. The van der Waals surface area contributed by atoms with Crippen molar-refractivity contribution in [1.29, 1.82) is 5.26 Å². The predicted molar refractivity (Wildman–Crippen MR) is 531 cm³/mol. The Morgan fingerprint density at radius 1 is 0.312 bits per heavy atom. The van der Waals surface area contributed by atoms with Crippen molar-refractivity contribution < 1.29 is 0 Å². The molecule has 3 unspecified atom stereocenters. The molecular formula is C119H81N9. The predicted octanol–water partition coefficient (Wildman–Crippen LogP) is 29.6. The fraction of sp³-hybridized carbons (Fsp3) is 0.0672. The van der Waals surface area contributed by atoms with Gasteiger partial charge in [-0.05, 0) is 258 Å². The van der Waals surface area contributed by atoms with Gasteiger partial charge in [0.15, 0.2) is 5.82 Å². The minimum atomic E-state index is 0.158. The lowest BCUT2D eigenvalue weighted by atomic mass is 9.84. The first-order valence-corrected chi connectivity index (χ1v) is 44.7. The summed E-state index contributed by atoms with van der Waals surface area (Å²) in [6, 6.07) is 130. The first-order chi connectivity index (χ1) is 63.4. The maximum absolute atomic E-state index is 10.0. The Morgan fingerprint density at radius 2 is 0.758 bits per heavy atom. The molecule has 3 atom stereocenters. The number of hydrogen-bond donors (Lipinski definition) is 0. The molecule has 0 amide bonds. The highest BCUT2D eigenvalue weighted by molar-refractivity contribution is 6.15. The van der Waals surface area contributed by atoms with Gasteiger partial charge in [-0.15, -0.1) is 0 Å². The van der Waals surface area contributed by atoms with Gasteiger partial charge in [0, 0.05) is 116 Å². The van der Waals surface area contributed by atoms with Gasteiger partial charge in [0.25, 0.3) is 0 Å². The number of anilines is 1. The number of nitriles is 1. The molecule has 1 fully saturated rings. The van der Waals surface area contributed by atoms with E-state index < -0.39 is 0 Å². The minimum absolute atomic E-state index is 0.158. The summed E-state index contributed by atoms with van der Waals surface area (Å²) >= 11 is 0. The number of nitrogens with zero attached hydrogens (tertiary/aromatic N) is 9. The molecule has 6 aromatic heterocycles. The van der Waals surface area contributed by atoms with E-state index >= 15 is 0 Å². The van der Waals surface area contributed by atoms with Crippen LogP contribution in [-0.4, -0.2) is 44.9 Å². The Morgan fingerprint density at radius 3 is 1.31 bits per heavy atom. The molecule has 0 N–H and O–H groups in total. The molecule has 9 nitrogen and oxygen atoms in total. The van der Waals surface area contributed by atoms with E-state index in [1.807, 2.05) is 24.3 Å². The lowest BCUT2D eigenvalue weighted by Gasteiger charge is -2.32. The van der Waals surface area contributed by atoms with E-state index in [1.54, 1.807) is 0 Å². The minimum Gasteiger partial charge on any atom is -0.357 e. The van der Waals surface area contributed by atoms with Gasteiger partial charge < -0.3 is 27.7 Å². The van der Waals surface area contributed by atoms with Crippen molar-refractivity contribution in [2.24, 2.45) is 5.92 Å². The van der Waals surface area contributed by atoms with E-state index in [0.717, 1.165) is 111 Å². The van der Waals surface area contributed by atoms with Crippen molar-refractivity contribution in [3.63, 3.8) is 0 Å². The van der Waals surface area contributed by atoms with Crippen LogP contribution in [0.1, 0.15) is 48.1 Å². The van der Waals surface area contributed by atoms with Crippen LogP contribution < -0.4 is 4.90 Å². The monoisotopic (exact) mass is 1640 g/mol. The van der Waals surface area contributed by atoms with Crippen molar-refractivity contribution in [2.75, 3.05) is 4.90 Å². The molecule has 1 aliphatic heterocycles. The summed E-state index contributed by atoms with van der Waals surface area (Å²) in [5.41, 5.74) is 35.9. The molecule has 26 rings (SSSR count). The topological polar surface area (TPSA) is 77.5 Å². The fourth-order valence-electron chi connectivity index (χ4n) is 21.8. The SMILES string of the molecule is N#Cc1ccc(-c2nc(-c3ccc(-c4cc(-n5c6c(c7cc(-c8ccc9c(c8)c8ccccc8n9C8=CCCC=C8)ccc75)C=CCC6)cc(-n5c6ccccc6c6cc(-c7ccc8c(c7)c7ccccc7n8-c7ccccc7)ccc65)c4)cc3)cc(-c3ccc(N4C5CC=C(c6ccc7c(c6)c6ccccc6n7-c6ccccc6)C=C5C5C=CC=CC54)cc3)n2)cc1. The molecular weight excluding hydrogens is 1560 g/mol. The molecule has 5 aliphatic rings. The van der Waals surface area contributed by atoms with Crippen molar-refractivity contribution in [2.45, 2.75) is 44.2 Å². The molecule has 7 heterocycles. The Kier molecular flexibility index (Phi) is 16.8. The largest absolute Gasteiger partial charge is 0.357 e. The van der Waals surface area contributed by atoms with Crippen LogP contribution in [0.5, 0.6) is 0 Å². The number of benzene rings is 15. The first-order valence-electron chi connectivity index (χ1n) is 44.7. The molecule has 0 bridgehead atoms. The van der Waals surface area contributed by atoms with Gasteiger partial charge in [-0.3, -0.25) is 0 Å². The zero-order chi connectivity index (χ0) is 84.2. The second-order valence-electron chi connectivity index (χ2n) is 34.7. The lowest BCUT2D eigenvalue weighted by Crippen LogP contribution is -2.37. The molecule has 0 spiro atoms. The molecule has 0 radical (unpaired) electrons. The van der Waals surface area contributed by atoms with Crippen LogP contribution in [0.25, 0.3) is 206 Å². The first kappa shape index (κ1) is 73.2. The molecule has 15 aromatic carbocycles. The number of hydrogen-bond acceptors (Lipinski definition) is 4. The average Bonchev–Trinajstić information content (AvgIpc) is 1.33. The maximum Gasteiger partial charge on any atom is 0.160 e. The summed E-state index contributed by atoms with van der Waals surface area (Å²) < 4.78 is 12.3. The third-order valence-electron chi connectivity index (χ3n) is 27.7. The number of para-hydroxylation sites is 6. The zero-order valence-corrected chi connectivity index (χ0v) is 70.1. The lowest BCUT2D eigenvalue weighted by molar-refractivity contribution is 0.673. The molecule has 1 saturated heterocycles. The number of aromatic nitrogens is 7. The quantitative estimate of drug-likeness (QED) is 0.115. The van der Waals surface area contributed by atoms with Crippen LogP contribution >= 0.6 is 0 Å². The number of fused-ring (bicyclic) bond motifs is 18. The van der Waals surface area contributed by atoms with Crippen molar-refractivity contribution in [3.05, 3.63) is 435 Å². The van der Waals surface area contributed by atoms with E-state index in [0.29, 0.717) is 11.4 Å². The van der Waals surface area contributed by atoms with Gasteiger partial charge in [0.05, 0.1) is 84.8 Å². The van der Waals surface area contributed by atoms with E-state index in [1.165, 1.54) is 143 Å². The van der Waals surface area contributed by atoms with Gasteiger partial charge in [-0.1, -0.05) is 237 Å². The molecule has 0 saturated carbocycles. The second-order valence-corrected chi connectivity index (χ2v) is 34.7. The highest BCUT2D eigenvalue weighted by atomic mass is 15.2. The third kappa shape index (κ3) is 11.8. The van der Waals surface area contributed by atoms with E-state index in [2.05, 4.69) is 422 Å². The van der Waals surface area contributed by atoms with Crippen LogP contribution in [0.3, 0.4) is 0 Å². The summed E-state index contributed by atoms with van der Waals surface area (Å²) in [7, 11) is 0. The third-order valence-corrected chi connectivity index (χ3v) is 27.7. The van der Waals surface area contributed by atoms with Crippen molar-refractivity contribution in [1.82, 2.24) is 32.8 Å². The van der Waals surface area contributed by atoms with Gasteiger partial charge in [0.2, 0.25) is 0 Å². The van der Waals surface area contributed by atoms with E-state index in [4.69, 9.17) is 9.97 Å².